The van der Waals surface area contributed by atoms with Crippen LogP contribution < -0.4 is 4.74 Å². The van der Waals surface area contributed by atoms with E-state index in [9.17, 15) is 0 Å². The highest BCUT2D eigenvalue weighted by Crippen LogP contribution is 2.30. The summed E-state index contributed by atoms with van der Waals surface area (Å²) in [5, 5.41) is 10.4. The van der Waals surface area contributed by atoms with Crippen molar-refractivity contribution in [2.24, 2.45) is 0 Å². The quantitative estimate of drug-likeness (QED) is 0.478. The fourth-order valence-electron chi connectivity index (χ4n) is 2.56. The lowest BCUT2D eigenvalue weighted by molar-refractivity contribution is 0.469. The van der Waals surface area contributed by atoms with E-state index in [4.69, 9.17) is 21.6 Å². The van der Waals surface area contributed by atoms with Gasteiger partial charge in [-0.3, -0.25) is 0 Å². The standard InChI is InChI=1S/C21H12ClN3O/c22-16-9-7-15(8-10-16)20-24-19-4-2-1-3-18(19)21(25-20)26-17-11-5-14(13-23)6-12-17/h1-12H. The summed E-state index contributed by atoms with van der Waals surface area (Å²) in [6.45, 7) is 0. The molecule has 0 bridgehead atoms. The molecular formula is C21H12ClN3O. The molecule has 0 aliphatic heterocycles. The summed E-state index contributed by atoms with van der Waals surface area (Å²) in [6.07, 6.45) is 0. The van der Waals surface area contributed by atoms with Crippen molar-refractivity contribution in [1.82, 2.24) is 9.97 Å². The monoisotopic (exact) mass is 357 g/mol. The summed E-state index contributed by atoms with van der Waals surface area (Å²) in [7, 11) is 0. The number of nitrogens with zero attached hydrogens (tertiary/aromatic N) is 3. The van der Waals surface area contributed by atoms with Crippen LogP contribution in [0, 0.1) is 11.3 Å². The number of hydrogen-bond acceptors (Lipinski definition) is 4. The molecule has 0 aliphatic rings. The Labute approximate surface area is 155 Å². The van der Waals surface area contributed by atoms with E-state index in [-0.39, 0.29) is 0 Å². The molecule has 0 saturated carbocycles. The molecule has 0 amide bonds. The van der Waals surface area contributed by atoms with Crippen molar-refractivity contribution in [1.29, 1.82) is 5.26 Å². The van der Waals surface area contributed by atoms with Crippen molar-refractivity contribution in [2.75, 3.05) is 0 Å². The van der Waals surface area contributed by atoms with Crippen molar-refractivity contribution in [3.8, 4) is 29.1 Å². The van der Waals surface area contributed by atoms with Crippen LogP contribution in [-0.2, 0) is 0 Å². The number of rotatable bonds is 3. The fourth-order valence-corrected chi connectivity index (χ4v) is 2.69. The topological polar surface area (TPSA) is 58.8 Å². The molecule has 0 unspecified atom stereocenters. The van der Waals surface area contributed by atoms with Gasteiger partial charge in [0.1, 0.15) is 5.75 Å². The van der Waals surface area contributed by atoms with Crippen LogP contribution in [0.4, 0.5) is 0 Å². The van der Waals surface area contributed by atoms with Gasteiger partial charge in [-0.25, -0.2) is 4.98 Å². The van der Waals surface area contributed by atoms with E-state index in [0.29, 0.717) is 28.0 Å². The largest absolute Gasteiger partial charge is 0.438 e. The second kappa shape index (κ2) is 6.83. The number of ether oxygens (including phenoxy) is 1. The van der Waals surface area contributed by atoms with E-state index in [0.717, 1.165) is 16.5 Å². The average molecular weight is 358 g/mol. The van der Waals surface area contributed by atoms with Gasteiger partial charge in [0.15, 0.2) is 5.82 Å². The van der Waals surface area contributed by atoms with E-state index in [2.05, 4.69) is 16.0 Å². The van der Waals surface area contributed by atoms with Gasteiger partial charge in [-0.15, -0.1) is 0 Å². The first-order valence-electron chi connectivity index (χ1n) is 7.94. The smallest absolute Gasteiger partial charge is 0.230 e. The molecule has 124 valence electrons. The van der Waals surface area contributed by atoms with Crippen LogP contribution in [0.5, 0.6) is 11.6 Å². The Morgan fingerprint density at radius 3 is 2.31 bits per heavy atom. The Hall–Kier alpha value is -3.42. The molecule has 4 nitrogen and oxygen atoms in total. The maximum atomic E-state index is 8.92. The molecule has 4 aromatic rings. The fraction of sp³-hybridized carbons (Fsp3) is 0. The molecule has 1 heterocycles. The zero-order valence-electron chi connectivity index (χ0n) is 13.6. The highest BCUT2D eigenvalue weighted by Gasteiger charge is 2.11. The second-order valence-corrected chi connectivity index (χ2v) is 6.05. The zero-order chi connectivity index (χ0) is 17.9. The third-order valence-corrected chi connectivity index (χ3v) is 4.12. The lowest BCUT2D eigenvalue weighted by Gasteiger charge is -2.10. The van der Waals surface area contributed by atoms with Crippen LogP contribution in [0.3, 0.4) is 0 Å². The summed E-state index contributed by atoms with van der Waals surface area (Å²) in [4.78, 5) is 9.22. The number of halogens is 1. The summed E-state index contributed by atoms with van der Waals surface area (Å²) >= 11 is 5.97. The molecule has 1 aromatic heterocycles. The van der Waals surface area contributed by atoms with E-state index in [1.807, 2.05) is 36.4 Å². The minimum atomic E-state index is 0.463. The summed E-state index contributed by atoms with van der Waals surface area (Å²) < 4.78 is 5.99. The van der Waals surface area contributed by atoms with E-state index >= 15 is 0 Å². The molecule has 0 fully saturated rings. The molecule has 0 spiro atoms. The first-order valence-corrected chi connectivity index (χ1v) is 8.31. The Morgan fingerprint density at radius 2 is 1.58 bits per heavy atom. The van der Waals surface area contributed by atoms with Crippen LogP contribution in [-0.4, -0.2) is 9.97 Å². The number of nitriles is 1. The van der Waals surface area contributed by atoms with Crippen LogP contribution in [0.2, 0.25) is 5.02 Å². The normalized spacial score (nSPS) is 10.5. The minimum absolute atomic E-state index is 0.463. The highest BCUT2D eigenvalue weighted by atomic mass is 35.5. The molecule has 0 N–H and O–H groups in total. The van der Waals surface area contributed by atoms with Gasteiger partial charge in [0.2, 0.25) is 5.88 Å². The molecule has 0 saturated heterocycles. The summed E-state index contributed by atoms with van der Waals surface area (Å²) in [6, 6.07) is 24.0. The number of para-hydroxylation sites is 1. The van der Waals surface area contributed by atoms with Crippen LogP contribution in [0.15, 0.2) is 72.8 Å². The van der Waals surface area contributed by atoms with Gasteiger partial charge in [-0.1, -0.05) is 23.7 Å². The predicted octanol–water partition coefficient (Wildman–Crippen LogP) is 5.61. The Bertz CT molecular complexity index is 1120. The van der Waals surface area contributed by atoms with Crippen molar-refractivity contribution in [3.05, 3.63) is 83.4 Å². The van der Waals surface area contributed by atoms with Crippen molar-refractivity contribution in [3.63, 3.8) is 0 Å². The van der Waals surface area contributed by atoms with Gasteiger partial charge in [0, 0.05) is 10.6 Å². The third-order valence-electron chi connectivity index (χ3n) is 3.87. The van der Waals surface area contributed by atoms with Crippen LogP contribution >= 0.6 is 11.6 Å². The summed E-state index contributed by atoms with van der Waals surface area (Å²) in [5.41, 5.74) is 2.22. The molecule has 26 heavy (non-hydrogen) atoms. The SMILES string of the molecule is N#Cc1ccc(Oc2nc(-c3ccc(Cl)cc3)nc3ccccc23)cc1. The molecule has 5 heteroatoms. The Kier molecular flexibility index (Phi) is 4.22. The van der Waals surface area contributed by atoms with Crippen molar-refractivity contribution in [2.45, 2.75) is 0 Å². The molecular weight excluding hydrogens is 346 g/mol. The lowest BCUT2D eigenvalue weighted by atomic mass is 10.2. The van der Waals surface area contributed by atoms with Crippen LogP contribution in [0.25, 0.3) is 22.3 Å². The molecule has 0 atom stereocenters. The van der Waals surface area contributed by atoms with E-state index < -0.39 is 0 Å². The zero-order valence-corrected chi connectivity index (χ0v) is 14.3. The highest BCUT2D eigenvalue weighted by molar-refractivity contribution is 6.30. The predicted molar refractivity (Wildman–Crippen MR) is 101 cm³/mol. The average Bonchev–Trinajstić information content (AvgIpc) is 2.69. The molecule has 0 radical (unpaired) electrons. The van der Waals surface area contributed by atoms with Gasteiger partial charge in [0.05, 0.1) is 22.5 Å². The summed E-state index contributed by atoms with van der Waals surface area (Å²) in [5.74, 6) is 1.63. The molecule has 4 rings (SSSR count). The maximum absolute atomic E-state index is 8.92. The van der Waals surface area contributed by atoms with E-state index in [1.54, 1.807) is 36.4 Å². The molecule has 0 aliphatic carbocycles. The number of aromatic nitrogens is 2. The van der Waals surface area contributed by atoms with Gasteiger partial charge >= 0.3 is 0 Å². The minimum Gasteiger partial charge on any atom is -0.438 e. The van der Waals surface area contributed by atoms with E-state index in [1.165, 1.54) is 0 Å². The maximum Gasteiger partial charge on any atom is 0.230 e. The Morgan fingerprint density at radius 1 is 0.846 bits per heavy atom. The van der Waals surface area contributed by atoms with Gasteiger partial charge < -0.3 is 4.74 Å². The number of fused-ring (bicyclic) bond motifs is 1. The first-order chi connectivity index (χ1) is 12.7. The van der Waals surface area contributed by atoms with Crippen LogP contribution in [0.1, 0.15) is 5.56 Å². The lowest BCUT2D eigenvalue weighted by Crippen LogP contribution is -1.96. The first kappa shape index (κ1) is 16.1. The van der Waals surface area contributed by atoms with Gasteiger partial charge in [-0.05, 0) is 60.7 Å². The third kappa shape index (κ3) is 3.21. The van der Waals surface area contributed by atoms with Crippen molar-refractivity contribution < 1.29 is 4.74 Å². The van der Waals surface area contributed by atoms with Gasteiger partial charge in [0.25, 0.3) is 0 Å². The molecule has 3 aromatic carbocycles. The second-order valence-electron chi connectivity index (χ2n) is 5.61. The Balaban J connectivity index is 1.81. The van der Waals surface area contributed by atoms with Gasteiger partial charge in [-0.2, -0.15) is 10.2 Å². The van der Waals surface area contributed by atoms with Crippen molar-refractivity contribution >= 4 is 22.5 Å². The number of hydrogen-bond donors (Lipinski definition) is 0. The number of benzene rings is 3.